The molecule has 0 fully saturated rings. The molecule has 4 nitrogen and oxygen atoms in total. The Morgan fingerprint density at radius 1 is 1.23 bits per heavy atom. The number of rotatable bonds is 0. The van der Waals surface area contributed by atoms with Gasteiger partial charge in [0.2, 0.25) is 0 Å². The minimum absolute atomic E-state index is 0.760. The van der Waals surface area contributed by atoms with Crippen molar-refractivity contribution in [3.63, 3.8) is 0 Å². The maximum Gasteiger partial charge on any atom is 0.178 e. The Hall–Kier alpha value is -1.97. The summed E-state index contributed by atoms with van der Waals surface area (Å²) in [6, 6.07) is 3.89. The monoisotopic (exact) mass is 170 g/mol. The zero-order valence-electron chi connectivity index (χ0n) is 6.75. The number of fused-ring (bicyclic) bond motifs is 3. The van der Waals surface area contributed by atoms with Gasteiger partial charge in [-0.05, 0) is 12.1 Å². The van der Waals surface area contributed by atoms with Gasteiger partial charge in [-0.1, -0.05) is 0 Å². The van der Waals surface area contributed by atoms with Crippen molar-refractivity contribution in [1.29, 1.82) is 0 Å². The molecular weight excluding hydrogens is 164 g/mol. The van der Waals surface area contributed by atoms with Crippen molar-refractivity contribution in [1.82, 2.24) is 19.4 Å². The van der Waals surface area contributed by atoms with Crippen molar-refractivity contribution in [3.8, 4) is 0 Å². The Morgan fingerprint density at radius 2 is 2.23 bits per heavy atom. The van der Waals surface area contributed by atoms with Crippen LogP contribution in [0.5, 0.6) is 0 Å². The molecule has 3 aromatic heterocycles. The molecule has 0 spiro atoms. The van der Waals surface area contributed by atoms with Crippen LogP contribution in [-0.4, -0.2) is 19.4 Å². The smallest absolute Gasteiger partial charge is 0.178 e. The lowest BCUT2D eigenvalue weighted by Gasteiger charge is -1.90. The third-order valence-electron chi connectivity index (χ3n) is 1.98. The minimum atomic E-state index is 0.760. The van der Waals surface area contributed by atoms with Crippen LogP contribution in [-0.2, 0) is 0 Å². The highest BCUT2D eigenvalue weighted by Gasteiger charge is 2.02. The van der Waals surface area contributed by atoms with Crippen molar-refractivity contribution in [2.75, 3.05) is 0 Å². The van der Waals surface area contributed by atoms with Crippen molar-refractivity contribution >= 4 is 16.8 Å². The Bertz CT molecular complexity index is 519. The first kappa shape index (κ1) is 6.54. The second kappa shape index (κ2) is 2.26. The van der Waals surface area contributed by atoms with E-state index in [9.17, 15) is 0 Å². The maximum atomic E-state index is 4.30. The van der Waals surface area contributed by atoms with Gasteiger partial charge in [0.1, 0.15) is 0 Å². The van der Waals surface area contributed by atoms with Crippen LogP contribution < -0.4 is 0 Å². The number of aromatic nitrogens is 4. The van der Waals surface area contributed by atoms with Gasteiger partial charge in [0.05, 0.1) is 11.7 Å². The first-order valence-corrected chi connectivity index (χ1v) is 3.98. The van der Waals surface area contributed by atoms with Crippen LogP contribution in [0.15, 0.2) is 36.9 Å². The highest BCUT2D eigenvalue weighted by atomic mass is 15.1. The van der Waals surface area contributed by atoms with Crippen molar-refractivity contribution in [2.24, 2.45) is 0 Å². The molecule has 13 heavy (non-hydrogen) atoms. The zero-order chi connectivity index (χ0) is 8.67. The summed E-state index contributed by atoms with van der Waals surface area (Å²) in [5.41, 5.74) is 2.60. The van der Waals surface area contributed by atoms with Crippen LogP contribution in [0, 0.1) is 0 Å². The maximum absolute atomic E-state index is 4.30. The Kier molecular flexibility index (Phi) is 1.14. The van der Waals surface area contributed by atoms with E-state index in [1.807, 2.05) is 22.7 Å². The molecule has 0 aliphatic rings. The van der Waals surface area contributed by atoms with Gasteiger partial charge in [-0.25, -0.2) is 9.97 Å². The summed E-state index contributed by atoms with van der Waals surface area (Å²) in [5, 5.41) is 0. The Balaban J connectivity index is 2.64. The van der Waals surface area contributed by atoms with Gasteiger partial charge in [0.25, 0.3) is 0 Å². The van der Waals surface area contributed by atoms with E-state index in [0.29, 0.717) is 0 Å². The van der Waals surface area contributed by atoms with Gasteiger partial charge in [0.15, 0.2) is 11.3 Å². The van der Waals surface area contributed by atoms with Gasteiger partial charge in [0, 0.05) is 18.6 Å². The van der Waals surface area contributed by atoms with E-state index >= 15 is 0 Å². The number of pyridine rings is 1. The van der Waals surface area contributed by atoms with Crippen LogP contribution in [0.1, 0.15) is 0 Å². The van der Waals surface area contributed by atoms with Crippen LogP contribution in [0.25, 0.3) is 16.8 Å². The van der Waals surface area contributed by atoms with Crippen LogP contribution in [0.2, 0.25) is 0 Å². The molecule has 0 saturated carbocycles. The van der Waals surface area contributed by atoms with Crippen molar-refractivity contribution in [3.05, 3.63) is 36.9 Å². The molecule has 3 heterocycles. The number of hydrogen-bond acceptors (Lipinski definition) is 3. The molecular formula is C9H6N4. The quantitative estimate of drug-likeness (QED) is 0.510. The average molecular weight is 170 g/mol. The lowest BCUT2D eigenvalue weighted by atomic mass is 10.4. The van der Waals surface area contributed by atoms with Crippen molar-refractivity contribution < 1.29 is 0 Å². The molecule has 0 amide bonds. The summed E-state index contributed by atoms with van der Waals surface area (Å²) in [5.74, 6) is 0. The predicted octanol–water partition coefficient (Wildman–Crippen LogP) is 1.28. The minimum Gasteiger partial charge on any atom is -0.295 e. The molecule has 0 saturated heterocycles. The molecule has 0 atom stereocenters. The summed E-state index contributed by atoms with van der Waals surface area (Å²) >= 11 is 0. The number of imidazole rings is 1. The van der Waals surface area contributed by atoms with Crippen LogP contribution in [0.3, 0.4) is 0 Å². The molecule has 4 heteroatoms. The Labute approximate surface area is 73.9 Å². The fourth-order valence-electron chi connectivity index (χ4n) is 1.41. The molecule has 0 aliphatic carbocycles. The summed E-state index contributed by atoms with van der Waals surface area (Å²) in [7, 11) is 0. The zero-order valence-corrected chi connectivity index (χ0v) is 6.75. The fraction of sp³-hybridized carbons (Fsp3) is 0. The van der Waals surface area contributed by atoms with E-state index in [-0.39, 0.29) is 0 Å². The first-order valence-electron chi connectivity index (χ1n) is 3.98. The van der Waals surface area contributed by atoms with Crippen LogP contribution >= 0.6 is 0 Å². The largest absolute Gasteiger partial charge is 0.295 e. The standard InChI is InChI=1S/C9H6N4/c1-2-7-9(11-3-1)12-8-6-10-4-5-13(7)8/h1-6H. The van der Waals surface area contributed by atoms with E-state index in [0.717, 1.165) is 16.8 Å². The highest BCUT2D eigenvalue weighted by Crippen LogP contribution is 2.11. The molecule has 0 radical (unpaired) electrons. The van der Waals surface area contributed by atoms with Gasteiger partial charge < -0.3 is 0 Å². The molecule has 0 N–H and O–H groups in total. The molecule has 3 rings (SSSR count). The first-order chi connectivity index (χ1) is 6.45. The van der Waals surface area contributed by atoms with Gasteiger partial charge in [-0.3, -0.25) is 9.38 Å². The summed E-state index contributed by atoms with van der Waals surface area (Å²) in [4.78, 5) is 12.5. The highest BCUT2D eigenvalue weighted by molar-refractivity contribution is 5.75. The molecule has 0 unspecified atom stereocenters. The summed E-state index contributed by atoms with van der Waals surface area (Å²) < 4.78 is 1.97. The third-order valence-corrected chi connectivity index (χ3v) is 1.98. The van der Waals surface area contributed by atoms with Gasteiger partial charge in [-0.2, -0.15) is 0 Å². The van der Waals surface area contributed by atoms with Gasteiger partial charge >= 0.3 is 0 Å². The topological polar surface area (TPSA) is 43.1 Å². The van der Waals surface area contributed by atoms with E-state index < -0.39 is 0 Å². The molecule has 0 aliphatic heterocycles. The Morgan fingerprint density at radius 3 is 3.23 bits per heavy atom. The van der Waals surface area contributed by atoms with Crippen LogP contribution in [0.4, 0.5) is 0 Å². The molecule has 0 aromatic carbocycles. The predicted molar refractivity (Wildman–Crippen MR) is 48.3 cm³/mol. The second-order valence-corrected chi connectivity index (χ2v) is 2.76. The lowest BCUT2D eigenvalue weighted by molar-refractivity contribution is 1.15. The number of nitrogens with zero attached hydrogens (tertiary/aromatic N) is 4. The fourth-order valence-corrected chi connectivity index (χ4v) is 1.41. The second-order valence-electron chi connectivity index (χ2n) is 2.76. The normalized spacial score (nSPS) is 11.1. The summed E-state index contributed by atoms with van der Waals surface area (Å²) in [6.07, 6.45) is 7.08. The van der Waals surface area contributed by atoms with Crippen molar-refractivity contribution in [2.45, 2.75) is 0 Å². The van der Waals surface area contributed by atoms with E-state index in [1.54, 1.807) is 18.6 Å². The SMILES string of the molecule is c1cnc2nc3cnccn3c2c1. The van der Waals surface area contributed by atoms with E-state index in [4.69, 9.17) is 0 Å². The molecule has 62 valence electrons. The molecule has 3 aromatic rings. The summed E-state index contributed by atoms with van der Waals surface area (Å²) in [6.45, 7) is 0. The van der Waals surface area contributed by atoms with Gasteiger partial charge in [-0.15, -0.1) is 0 Å². The average Bonchev–Trinajstić information content (AvgIpc) is 2.56. The lowest BCUT2D eigenvalue weighted by Crippen LogP contribution is -1.83. The van der Waals surface area contributed by atoms with E-state index in [2.05, 4.69) is 15.0 Å². The number of hydrogen-bond donors (Lipinski definition) is 0. The molecule has 0 bridgehead atoms. The third kappa shape index (κ3) is 0.823. The van der Waals surface area contributed by atoms with E-state index in [1.165, 1.54) is 0 Å².